The summed E-state index contributed by atoms with van der Waals surface area (Å²) in [5.41, 5.74) is 1.10. The van der Waals surface area contributed by atoms with Gasteiger partial charge >= 0.3 is 17.8 Å². The maximum Gasteiger partial charge on any atom is 0.338 e. The van der Waals surface area contributed by atoms with E-state index in [-0.39, 0.29) is 12.7 Å². The Hall–Kier alpha value is -2.93. The van der Waals surface area contributed by atoms with Crippen LogP contribution in [0.2, 0.25) is 0 Å². The molecule has 4 amide bonds. The molecule has 1 atom stereocenters. The average molecular weight is 396 g/mol. The van der Waals surface area contributed by atoms with Gasteiger partial charge in [-0.25, -0.2) is 9.69 Å². The largest absolute Gasteiger partial charge is 0.497 e. The third-order valence-corrected chi connectivity index (χ3v) is 5.82. The minimum absolute atomic E-state index is 0.123. The van der Waals surface area contributed by atoms with Crippen LogP contribution in [0.3, 0.4) is 0 Å². The molecule has 2 aliphatic rings. The number of quaternary nitrogens is 1. The SMILES string of the molecule is COc1ccc2cc(C[NH+](C)CN3C(=O)C(=O)N(C4CCCC4)C3=O)ccc2c1. The van der Waals surface area contributed by atoms with Crippen LogP contribution in [-0.4, -0.2) is 54.5 Å². The van der Waals surface area contributed by atoms with Crippen LogP contribution >= 0.6 is 0 Å². The molecule has 2 fully saturated rings. The van der Waals surface area contributed by atoms with Gasteiger partial charge in [-0.15, -0.1) is 0 Å². The zero-order valence-corrected chi connectivity index (χ0v) is 16.8. The molecule has 2 aromatic rings. The zero-order chi connectivity index (χ0) is 20.5. The van der Waals surface area contributed by atoms with Crippen molar-refractivity contribution in [3.8, 4) is 5.75 Å². The Kier molecular flexibility index (Phi) is 5.24. The predicted molar refractivity (Wildman–Crippen MR) is 107 cm³/mol. The number of rotatable bonds is 6. The second-order valence-electron chi connectivity index (χ2n) is 7.97. The fourth-order valence-electron chi connectivity index (χ4n) is 4.33. The smallest absolute Gasteiger partial charge is 0.338 e. The molecule has 1 saturated carbocycles. The lowest BCUT2D eigenvalue weighted by Crippen LogP contribution is -3.09. The van der Waals surface area contributed by atoms with Crippen molar-refractivity contribution in [1.29, 1.82) is 0 Å². The highest BCUT2D eigenvalue weighted by molar-refractivity contribution is 6.44. The van der Waals surface area contributed by atoms with Gasteiger partial charge in [0, 0.05) is 11.6 Å². The van der Waals surface area contributed by atoms with E-state index in [1.165, 1.54) is 4.90 Å². The number of urea groups is 1. The lowest BCUT2D eigenvalue weighted by atomic mass is 10.1. The van der Waals surface area contributed by atoms with Crippen molar-refractivity contribution in [3.63, 3.8) is 0 Å². The number of methoxy groups -OCH3 is 1. The van der Waals surface area contributed by atoms with E-state index in [9.17, 15) is 14.4 Å². The molecule has 0 spiro atoms. The van der Waals surface area contributed by atoms with Gasteiger partial charge in [0.15, 0.2) is 6.67 Å². The van der Waals surface area contributed by atoms with Gasteiger partial charge in [0.05, 0.1) is 14.2 Å². The summed E-state index contributed by atoms with van der Waals surface area (Å²) in [6.07, 6.45) is 3.58. The molecule has 1 aliphatic carbocycles. The molecule has 1 heterocycles. The highest BCUT2D eigenvalue weighted by atomic mass is 16.5. The Balaban J connectivity index is 1.44. The quantitative estimate of drug-likeness (QED) is 0.594. The van der Waals surface area contributed by atoms with E-state index in [1.807, 2.05) is 37.4 Å². The van der Waals surface area contributed by atoms with Crippen molar-refractivity contribution in [3.05, 3.63) is 42.0 Å². The molecule has 0 bridgehead atoms. The van der Waals surface area contributed by atoms with E-state index in [0.29, 0.717) is 6.54 Å². The summed E-state index contributed by atoms with van der Waals surface area (Å²) in [5.74, 6) is -0.559. The lowest BCUT2D eigenvalue weighted by molar-refractivity contribution is -0.901. The molecule has 7 nitrogen and oxygen atoms in total. The summed E-state index contributed by atoms with van der Waals surface area (Å²) in [6.45, 7) is 0.809. The van der Waals surface area contributed by atoms with Gasteiger partial charge in [-0.2, -0.15) is 0 Å². The minimum Gasteiger partial charge on any atom is -0.497 e. The van der Waals surface area contributed by atoms with Crippen LogP contribution < -0.4 is 9.64 Å². The van der Waals surface area contributed by atoms with Gasteiger partial charge in [0.1, 0.15) is 12.3 Å². The molecule has 0 aromatic heterocycles. The highest BCUT2D eigenvalue weighted by Crippen LogP contribution is 2.27. The number of hydrogen-bond donors (Lipinski definition) is 1. The third kappa shape index (κ3) is 3.70. The van der Waals surface area contributed by atoms with Gasteiger partial charge in [0.2, 0.25) is 0 Å². The maximum atomic E-state index is 12.7. The summed E-state index contributed by atoms with van der Waals surface area (Å²) >= 11 is 0. The van der Waals surface area contributed by atoms with Crippen molar-refractivity contribution in [1.82, 2.24) is 9.80 Å². The average Bonchev–Trinajstić information content (AvgIpc) is 3.31. The lowest BCUT2D eigenvalue weighted by Gasteiger charge is -2.22. The van der Waals surface area contributed by atoms with E-state index in [4.69, 9.17) is 4.74 Å². The molecule has 1 saturated heterocycles. The second-order valence-corrected chi connectivity index (χ2v) is 7.97. The number of amides is 4. The molecule has 4 rings (SSSR count). The molecule has 1 aliphatic heterocycles. The third-order valence-electron chi connectivity index (χ3n) is 5.82. The van der Waals surface area contributed by atoms with Crippen LogP contribution in [0.15, 0.2) is 36.4 Å². The monoisotopic (exact) mass is 396 g/mol. The number of carbonyl (C=O) groups excluding carboxylic acids is 3. The number of imide groups is 2. The summed E-state index contributed by atoms with van der Waals surface area (Å²) in [5, 5.41) is 2.19. The first-order valence-electron chi connectivity index (χ1n) is 10.0. The summed E-state index contributed by atoms with van der Waals surface area (Å²) in [7, 11) is 3.56. The first-order valence-corrected chi connectivity index (χ1v) is 10.0. The summed E-state index contributed by atoms with van der Waals surface area (Å²) < 4.78 is 5.26. The molecular formula is C22H26N3O4+. The van der Waals surface area contributed by atoms with Crippen molar-refractivity contribution >= 4 is 28.6 Å². The Bertz CT molecular complexity index is 968. The van der Waals surface area contributed by atoms with Gasteiger partial charge < -0.3 is 9.64 Å². The van der Waals surface area contributed by atoms with Crippen LogP contribution in [0, 0.1) is 0 Å². The van der Waals surface area contributed by atoms with E-state index in [2.05, 4.69) is 6.07 Å². The molecule has 29 heavy (non-hydrogen) atoms. The van der Waals surface area contributed by atoms with Gasteiger partial charge in [0.25, 0.3) is 0 Å². The normalized spacial score (nSPS) is 18.9. The minimum atomic E-state index is -0.702. The highest BCUT2D eigenvalue weighted by Gasteiger charge is 2.49. The van der Waals surface area contributed by atoms with E-state index >= 15 is 0 Å². The molecule has 0 radical (unpaired) electrons. The molecule has 1 N–H and O–H groups in total. The number of fused-ring (bicyclic) bond motifs is 1. The number of nitrogens with one attached hydrogen (secondary N) is 1. The van der Waals surface area contributed by atoms with Gasteiger partial charge in [-0.05, 0) is 41.8 Å². The van der Waals surface area contributed by atoms with Crippen LogP contribution in [0.5, 0.6) is 5.75 Å². The van der Waals surface area contributed by atoms with E-state index < -0.39 is 17.8 Å². The second kappa shape index (κ2) is 7.83. The van der Waals surface area contributed by atoms with Crippen LogP contribution in [-0.2, 0) is 16.1 Å². The van der Waals surface area contributed by atoms with Crippen LogP contribution in [0.25, 0.3) is 10.8 Å². The first-order chi connectivity index (χ1) is 14.0. The zero-order valence-electron chi connectivity index (χ0n) is 16.8. The first kappa shape index (κ1) is 19.4. The standard InChI is InChI=1S/C22H25N3O4/c1-23(13-15-7-8-17-12-19(29-2)10-9-16(17)11-15)14-24-20(26)21(27)25(22(24)28)18-5-3-4-6-18/h7-12,18H,3-6,13-14H2,1-2H3/p+1. The van der Waals surface area contributed by atoms with Gasteiger partial charge in [-0.3, -0.25) is 14.5 Å². The van der Waals surface area contributed by atoms with Gasteiger partial charge in [-0.1, -0.05) is 31.0 Å². The number of nitrogens with zero attached hydrogens (tertiary/aromatic N) is 2. The van der Waals surface area contributed by atoms with E-state index in [0.717, 1.165) is 57.6 Å². The molecule has 152 valence electrons. The van der Waals surface area contributed by atoms with Crippen molar-refractivity contribution in [2.45, 2.75) is 38.3 Å². The number of benzene rings is 2. The number of hydrogen-bond acceptors (Lipinski definition) is 4. The number of ether oxygens (including phenoxy) is 1. The molecule has 2 aromatic carbocycles. The van der Waals surface area contributed by atoms with Crippen molar-refractivity contribution < 1.29 is 24.0 Å². The predicted octanol–water partition coefficient (Wildman–Crippen LogP) is 1.55. The fraction of sp³-hybridized carbons (Fsp3) is 0.409. The maximum absolute atomic E-state index is 12.7. The Morgan fingerprint density at radius 3 is 2.41 bits per heavy atom. The molecule has 7 heteroatoms. The molecule has 1 unspecified atom stereocenters. The van der Waals surface area contributed by atoms with Crippen LogP contribution in [0.4, 0.5) is 4.79 Å². The van der Waals surface area contributed by atoms with Crippen molar-refractivity contribution in [2.24, 2.45) is 0 Å². The van der Waals surface area contributed by atoms with Crippen molar-refractivity contribution in [2.75, 3.05) is 20.8 Å². The topological polar surface area (TPSA) is 71.4 Å². The summed E-state index contributed by atoms with van der Waals surface area (Å²) in [4.78, 5) is 40.7. The Labute approximate surface area is 169 Å². The van der Waals surface area contributed by atoms with Crippen LogP contribution in [0.1, 0.15) is 31.2 Å². The molecular weight excluding hydrogens is 370 g/mol. The van der Waals surface area contributed by atoms with E-state index in [1.54, 1.807) is 7.11 Å². The summed E-state index contributed by atoms with van der Waals surface area (Å²) in [6, 6.07) is 11.5. The fourth-order valence-corrected chi connectivity index (χ4v) is 4.33. The number of carbonyl (C=O) groups is 3. The Morgan fingerprint density at radius 1 is 1.00 bits per heavy atom. The Morgan fingerprint density at radius 2 is 1.69 bits per heavy atom.